The summed E-state index contributed by atoms with van der Waals surface area (Å²) in [5.41, 5.74) is 4.58. The first kappa shape index (κ1) is 38.0. The number of fused-ring (bicyclic) bond motifs is 7. The fraction of sp³-hybridized carbons (Fsp3) is 0.791. The van der Waals surface area contributed by atoms with Gasteiger partial charge in [-0.25, -0.2) is 8.42 Å². The van der Waals surface area contributed by atoms with Gasteiger partial charge in [-0.1, -0.05) is 60.6 Å². The van der Waals surface area contributed by atoms with Gasteiger partial charge in [-0.05, 0) is 125 Å². The van der Waals surface area contributed by atoms with Gasteiger partial charge in [-0.2, -0.15) is 0 Å². The second-order valence-corrected chi connectivity index (χ2v) is 21.7. The standard InChI is InChI=1S/C43H64N2O6S/c1-28(2)36-33(47)26-43(38(48)44-20-21-45-22-24-52(49,50)25-23-45)19-18-41(6)32(37(36)43)12-13-35-40(5)16-14-31(29-8-10-30(11-9-29)51-27-46)39(3,4)34(40)15-17-42(35,41)7/h8,14,27-28,30,32,34-35H,9-13,15-26H2,1-7H3,(H,44,48)/t30?,32-,34+,35-,40+,41-,42-,43-/m1/s1. The van der Waals surface area contributed by atoms with E-state index in [0.717, 1.165) is 50.5 Å². The van der Waals surface area contributed by atoms with Crippen molar-refractivity contribution in [2.75, 3.05) is 37.7 Å². The zero-order valence-electron chi connectivity index (χ0n) is 32.9. The molecule has 8 atom stereocenters. The summed E-state index contributed by atoms with van der Waals surface area (Å²) in [6, 6.07) is 0. The van der Waals surface area contributed by atoms with Crippen LogP contribution in [0.1, 0.15) is 119 Å². The first-order chi connectivity index (χ1) is 24.4. The van der Waals surface area contributed by atoms with Crippen LogP contribution in [-0.2, 0) is 29.0 Å². The molecule has 4 fully saturated rings. The van der Waals surface area contributed by atoms with Gasteiger partial charge in [0, 0.05) is 39.0 Å². The van der Waals surface area contributed by atoms with Gasteiger partial charge in [-0.15, -0.1) is 0 Å². The minimum absolute atomic E-state index is 0.00496. The number of carbonyl (C=O) groups excluding carboxylic acids is 3. The summed E-state index contributed by atoms with van der Waals surface area (Å²) in [6.45, 7) is 19.7. The Labute approximate surface area is 312 Å². The highest BCUT2D eigenvalue weighted by Crippen LogP contribution is 2.76. The molecule has 0 bridgehead atoms. The lowest BCUT2D eigenvalue weighted by atomic mass is 9.33. The van der Waals surface area contributed by atoms with Crippen molar-refractivity contribution in [2.45, 2.75) is 125 Å². The van der Waals surface area contributed by atoms with E-state index in [-0.39, 0.29) is 69.2 Å². The van der Waals surface area contributed by atoms with Gasteiger partial charge < -0.3 is 10.1 Å². The number of ketones is 1. The number of sulfone groups is 1. The molecule has 1 heterocycles. The van der Waals surface area contributed by atoms with Gasteiger partial charge in [0.15, 0.2) is 15.6 Å². The van der Waals surface area contributed by atoms with Crippen LogP contribution in [0.4, 0.5) is 0 Å². The summed E-state index contributed by atoms with van der Waals surface area (Å²) in [5.74, 6) is 1.93. The molecule has 7 rings (SSSR count). The molecular weight excluding hydrogens is 673 g/mol. The van der Waals surface area contributed by atoms with E-state index in [1.807, 2.05) is 0 Å². The molecule has 1 unspecified atom stereocenters. The van der Waals surface area contributed by atoms with E-state index in [1.165, 1.54) is 29.6 Å². The lowest BCUT2D eigenvalue weighted by Gasteiger charge is -2.71. The molecule has 9 heteroatoms. The molecule has 1 saturated heterocycles. The number of nitrogens with zero attached hydrogens (tertiary/aromatic N) is 1. The Morgan fingerprint density at radius 3 is 2.37 bits per heavy atom. The van der Waals surface area contributed by atoms with E-state index < -0.39 is 15.3 Å². The van der Waals surface area contributed by atoms with Gasteiger partial charge in [-0.3, -0.25) is 19.3 Å². The average Bonchev–Trinajstić information content (AvgIpc) is 3.39. The SMILES string of the molecule is CC(C)C1=C2[C@H]3CC[C@@H]4[C@@]5(C)CC=C(C6=CCC(OC=O)CC6)C(C)(C)[C@@H]5CC[C@@]4(C)[C@]3(C)CC[C@@]2(C(=O)NCCN2CCS(=O)(=O)CC2)CC1=O. The normalized spacial score (nSPS) is 41.2. The number of allylic oxidation sites excluding steroid dienone is 4. The lowest BCUT2D eigenvalue weighted by Crippen LogP contribution is -2.65. The third kappa shape index (κ3) is 5.74. The molecule has 52 heavy (non-hydrogen) atoms. The Hall–Kier alpha value is -2.26. The number of carbonyl (C=O) groups is 3. The van der Waals surface area contributed by atoms with Crippen LogP contribution in [0.5, 0.6) is 0 Å². The molecule has 0 radical (unpaired) electrons. The lowest BCUT2D eigenvalue weighted by molar-refractivity contribution is -0.199. The molecule has 0 spiro atoms. The van der Waals surface area contributed by atoms with Gasteiger partial charge in [0.1, 0.15) is 6.10 Å². The molecule has 288 valence electrons. The number of amides is 1. The Bertz CT molecular complexity index is 1690. The zero-order valence-corrected chi connectivity index (χ0v) is 33.8. The van der Waals surface area contributed by atoms with E-state index in [4.69, 9.17) is 4.74 Å². The van der Waals surface area contributed by atoms with Crippen LogP contribution in [0.25, 0.3) is 0 Å². The van der Waals surface area contributed by atoms with Crippen molar-refractivity contribution < 1.29 is 27.5 Å². The smallest absolute Gasteiger partial charge is 0.293 e. The molecule has 0 aromatic rings. The maximum absolute atomic E-state index is 14.5. The van der Waals surface area contributed by atoms with Gasteiger partial charge in [0.2, 0.25) is 5.91 Å². The van der Waals surface area contributed by atoms with Crippen molar-refractivity contribution in [2.24, 2.45) is 50.7 Å². The summed E-state index contributed by atoms with van der Waals surface area (Å²) >= 11 is 0. The van der Waals surface area contributed by atoms with Crippen molar-refractivity contribution in [3.8, 4) is 0 Å². The summed E-state index contributed by atoms with van der Waals surface area (Å²) in [6.07, 6.45) is 15.1. The molecule has 7 aliphatic rings. The Morgan fingerprint density at radius 1 is 0.981 bits per heavy atom. The second-order valence-electron chi connectivity index (χ2n) is 19.4. The maximum Gasteiger partial charge on any atom is 0.293 e. The highest BCUT2D eigenvalue weighted by molar-refractivity contribution is 7.91. The number of hydrogen-bond acceptors (Lipinski definition) is 7. The Balaban J connectivity index is 1.15. The average molecular weight is 737 g/mol. The minimum Gasteiger partial charge on any atom is -0.464 e. The third-order valence-electron chi connectivity index (χ3n) is 16.6. The number of ether oxygens (including phenoxy) is 1. The van der Waals surface area contributed by atoms with Crippen LogP contribution in [0.15, 0.2) is 34.4 Å². The predicted molar refractivity (Wildman–Crippen MR) is 204 cm³/mol. The third-order valence-corrected chi connectivity index (χ3v) is 18.2. The Kier molecular flexibility index (Phi) is 9.65. The van der Waals surface area contributed by atoms with Crippen molar-refractivity contribution in [3.63, 3.8) is 0 Å². The van der Waals surface area contributed by atoms with Crippen LogP contribution in [0.3, 0.4) is 0 Å². The fourth-order valence-corrected chi connectivity index (χ4v) is 15.1. The first-order valence-electron chi connectivity index (χ1n) is 20.4. The van der Waals surface area contributed by atoms with E-state index in [9.17, 15) is 22.8 Å². The van der Waals surface area contributed by atoms with Crippen LogP contribution < -0.4 is 5.32 Å². The van der Waals surface area contributed by atoms with E-state index in [2.05, 4.69) is 70.8 Å². The van der Waals surface area contributed by atoms with Crippen molar-refractivity contribution >= 4 is 28.0 Å². The largest absolute Gasteiger partial charge is 0.464 e. The summed E-state index contributed by atoms with van der Waals surface area (Å²) in [5, 5.41) is 3.28. The Morgan fingerprint density at radius 2 is 1.71 bits per heavy atom. The van der Waals surface area contributed by atoms with E-state index in [0.29, 0.717) is 50.9 Å². The predicted octanol–water partition coefficient (Wildman–Crippen LogP) is 7.00. The van der Waals surface area contributed by atoms with E-state index >= 15 is 0 Å². The van der Waals surface area contributed by atoms with Crippen molar-refractivity contribution in [1.29, 1.82) is 0 Å². The fourth-order valence-electron chi connectivity index (χ4n) is 13.8. The van der Waals surface area contributed by atoms with Crippen LogP contribution in [0.2, 0.25) is 0 Å². The molecule has 1 N–H and O–H groups in total. The van der Waals surface area contributed by atoms with Gasteiger partial charge >= 0.3 is 0 Å². The second kappa shape index (κ2) is 13.2. The van der Waals surface area contributed by atoms with E-state index in [1.54, 1.807) is 0 Å². The van der Waals surface area contributed by atoms with Gasteiger partial charge in [0.25, 0.3) is 6.47 Å². The van der Waals surface area contributed by atoms with Crippen molar-refractivity contribution in [1.82, 2.24) is 10.2 Å². The first-order valence-corrected chi connectivity index (χ1v) is 22.2. The quantitative estimate of drug-likeness (QED) is 0.267. The summed E-state index contributed by atoms with van der Waals surface area (Å²) < 4.78 is 29.2. The molecule has 0 aromatic carbocycles. The topological polar surface area (TPSA) is 110 Å². The highest BCUT2D eigenvalue weighted by Gasteiger charge is 2.70. The van der Waals surface area contributed by atoms with Crippen LogP contribution in [0, 0.1) is 50.7 Å². The van der Waals surface area contributed by atoms with Crippen LogP contribution >= 0.6 is 0 Å². The molecule has 0 aromatic heterocycles. The van der Waals surface area contributed by atoms with Gasteiger partial charge in [0.05, 0.1) is 16.9 Å². The number of rotatable bonds is 8. The molecule has 1 aliphatic heterocycles. The number of nitrogens with one attached hydrogen (secondary N) is 1. The molecule has 3 saturated carbocycles. The monoisotopic (exact) mass is 736 g/mol. The highest BCUT2D eigenvalue weighted by atomic mass is 32.2. The zero-order chi connectivity index (χ0) is 37.5. The van der Waals surface area contributed by atoms with Crippen LogP contribution in [-0.4, -0.2) is 75.3 Å². The molecule has 8 nitrogen and oxygen atoms in total. The minimum atomic E-state index is -2.96. The molecule has 6 aliphatic carbocycles. The maximum atomic E-state index is 14.5. The van der Waals surface area contributed by atoms with Crippen molar-refractivity contribution in [3.05, 3.63) is 34.4 Å². The molecule has 1 amide bonds. The number of hydrogen-bond donors (Lipinski definition) is 1. The molecular formula is C43H64N2O6S. The summed E-state index contributed by atoms with van der Waals surface area (Å²) in [7, 11) is -2.96. The summed E-state index contributed by atoms with van der Waals surface area (Å²) in [4.78, 5) is 41.6. The number of Topliss-reactive ketones (excluding diaryl/α,β-unsaturated/α-hetero) is 1.